The van der Waals surface area contributed by atoms with Crippen molar-refractivity contribution < 1.29 is 27.3 Å². The summed E-state index contributed by atoms with van der Waals surface area (Å²) in [4.78, 5) is 16.0. The van der Waals surface area contributed by atoms with Crippen LogP contribution in [0.25, 0.3) is 0 Å². The van der Waals surface area contributed by atoms with E-state index in [-0.39, 0.29) is 27.3 Å². The minimum absolute atomic E-state index is 0. The minimum Gasteiger partial charge on any atom is -0.444 e. The first-order valence-corrected chi connectivity index (χ1v) is 0.730. The Labute approximate surface area is 58.5 Å². The van der Waals surface area contributed by atoms with Crippen molar-refractivity contribution in [1.82, 2.24) is 0 Å². The zero-order valence-corrected chi connectivity index (χ0v) is 7.27. The molecule has 0 saturated heterocycles. The Hall–Kier alpha value is -0.278. The first-order chi connectivity index (χ1) is 2.83. The van der Waals surface area contributed by atoms with Crippen molar-refractivity contribution in [1.29, 1.82) is 0 Å². The number of nitrogens with zero attached hydrogens (tertiary/aromatic N) is 2. The molecule has 0 aromatic carbocycles. The van der Waals surface area contributed by atoms with Crippen LogP contribution in [0, 0.1) is 20.2 Å². The van der Waals surface area contributed by atoms with E-state index in [0.29, 0.717) is 0 Å². The minimum atomic E-state index is 0. The molecule has 0 bridgehead atoms. The number of hydrogen-bond acceptors (Lipinski definition) is 6. The van der Waals surface area contributed by atoms with Gasteiger partial charge in [-0.25, -0.2) is 0 Å². The summed E-state index contributed by atoms with van der Waals surface area (Å²) in [6.07, 6.45) is 0. The first kappa shape index (κ1) is 15.9. The van der Waals surface area contributed by atoms with E-state index in [4.69, 9.17) is 20.2 Å². The zero-order valence-electron chi connectivity index (χ0n) is 3.23. The zero-order chi connectivity index (χ0) is 5.41. The van der Waals surface area contributed by atoms with Gasteiger partial charge in [0, 0.05) is 27.3 Å². The van der Waals surface area contributed by atoms with E-state index in [1.54, 1.807) is 0 Å². The van der Waals surface area contributed by atoms with Crippen molar-refractivity contribution in [2.75, 3.05) is 0 Å². The molecule has 0 atom stereocenters. The van der Waals surface area contributed by atoms with Crippen molar-refractivity contribution in [3.8, 4) is 0 Å². The number of hydrogen-bond donors (Lipinski definition) is 0. The van der Waals surface area contributed by atoms with Crippen LogP contribution in [0.5, 0.6) is 0 Å². The molecule has 0 radical (unpaired) electrons. The molecule has 0 fully saturated rings. The molecule has 0 rings (SSSR count). The third kappa shape index (κ3) is 1030. The third-order valence-corrected chi connectivity index (χ3v) is 0. The fraction of sp³-hybridized carbons (Fsp3) is 0. The van der Waals surface area contributed by atoms with Gasteiger partial charge in [0.15, 0.2) is 0 Å². The SMILES string of the molecule is O=N[O-].O=N[O-].[Cd]. The Kier molecular flexibility index (Phi) is 97.6. The Morgan fingerprint density at radius 3 is 1.00 bits per heavy atom. The molecule has 0 aliphatic carbocycles. The van der Waals surface area contributed by atoms with Gasteiger partial charge < -0.3 is 20.2 Å². The summed E-state index contributed by atoms with van der Waals surface area (Å²) in [5, 5.41) is 18.0. The van der Waals surface area contributed by atoms with Gasteiger partial charge in [-0.15, -0.1) is 10.7 Å². The van der Waals surface area contributed by atoms with E-state index in [2.05, 4.69) is 0 Å². The molecule has 0 heterocycles. The molecule has 7 heavy (non-hydrogen) atoms. The molecular formula is CdN2O4-2. The molecule has 0 aromatic rings. The van der Waals surface area contributed by atoms with Gasteiger partial charge in [-0.3, -0.25) is 0 Å². The van der Waals surface area contributed by atoms with Gasteiger partial charge in [-0.1, -0.05) is 0 Å². The predicted molar refractivity (Wildman–Crippen MR) is 18.3 cm³/mol. The summed E-state index contributed by atoms with van der Waals surface area (Å²) >= 11 is 0. The van der Waals surface area contributed by atoms with E-state index >= 15 is 0 Å². The third-order valence-electron chi connectivity index (χ3n) is 0. The van der Waals surface area contributed by atoms with Crippen LogP contribution in [0.1, 0.15) is 0 Å². The van der Waals surface area contributed by atoms with Crippen LogP contribution < -0.4 is 0 Å². The van der Waals surface area contributed by atoms with Crippen LogP contribution in [0.15, 0.2) is 10.7 Å². The molecule has 0 aliphatic rings. The fourth-order valence-electron chi connectivity index (χ4n) is 0. The van der Waals surface area contributed by atoms with Crippen molar-refractivity contribution in [2.24, 2.45) is 10.7 Å². The van der Waals surface area contributed by atoms with Crippen LogP contribution in [0.2, 0.25) is 0 Å². The van der Waals surface area contributed by atoms with Crippen LogP contribution in [0.4, 0.5) is 0 Å². The second-order valence-electron chi connectivity index (χ2n) is 0.149. The molecule has 0 aromatic heterocycles. The Balaban J connectivity index is -0.0000000400. The summed E-state index contributed by atoms with van der Waals surface area (Å²) in [5.41, 5.74) is 0. The van der Waals surface area contributed by atoms with E-state index in [1.165, 1.54) is 0 Å². The van der Waals surface area contributed by atoms with Gasteiger partial charge in [0.05, 0.1) is 0 Å². The smallest absolute Gasteiger partial charge is 0 e. The van der Waals surface area contributed by atoms with Crippen LogP contribution >= 0.6 is 0 Å². The number of rotatable bonds is 0. The van der Waals surface area contributed by atoms with Crippen molar-refractivity contribution in [3.05, 3.63) is 20.2 Å². The summed E-state index contributed by atoms with van der Waals surface area (Å²) in [7, 11) is 0. The van der Waals surface area contributed by atoms with Gasteiger partial charge in [0.25, 0.3) is 0 Å². The van der Waals surface area contributed by atoms with Gasteiger partial charge in [0.2, 0.25) is 0 Å². The van der Waals surface area contributed by atoms with E-state index in [9.17, 15) is 0 Å². The summed E-state index contributed by atoms with van der Waals surface area (Å²) < 4.78 is 0. The second kappa shape index (κ2) is 43.0. The Morgan fingerprint density at radius 2 is 1.00 bits per heavy atom. The molecule has 38 valence electrons. The molecule has 0 saturated carbocycles. The van der Waals surface area contributed by atoms with E-state index in [0.717, 1.165) is 10.7 Å². The maximum absolute atomic E-state index is 8.00. The average molecular weight is 204 g/mol. The second-order valence-corrected chi connectivity index (χ2v) is 0.149. The van der Waals surface area contributed by atoms with Gasteiger partial charge in [-0.05, 0) is 0 Å². The predicted octanol–water partition coefficient (Wildman–Crippen LogP) is 0.499. The normalized spacial score (nSPS) is 3.43. The summed E-state index contributed by atoms with van der Waals surface area (Å²) in [6, 6.07) is 0. The Bertz CT molecular complexity index is 30.7. The van der Waals surface area contributed by atoms with Crippen molar-refractivity contribution in [2.45, 2.75) is 0 Å². The van der Waals surface area contributed by atoms with Gasteiger partial charge >= 0.3 is 0 Å². The maximum Gasteiger partial charge on any atom is 0 e. The van der Waals surface area contributed by atoms with Crippen molar-refractivity contribution in [3.63, 3.8) is 0 Å². The molecule has 0 unspecified atom stereocenters. The van der Waals surface area contributed by atoms with Crippen LogP contribution in [0.3, 0.4) is 0 Å². The van der Waals surface area contributed by atoms with E-state index in [1.807, 2.05) is 0 Å². The molecule has 6 nitrogen and oxygen atoms in total. The van der Waals surface area contributed by atoms with Crippen molar-refractivity contribution >= 4 is 0 Å². The van der Waals surface area contributed by atoms with Gasteiger partial charge in [0.1, 0.15) is 0 Å². The summed E-state index contributed by atoms with van der Waals surface area (Å²) in [5.74, 6) is 0. The molecule has 0 aliphatic heterocycles. The largest absolute Gasteiger partial charge is 0.444 e. The monoisotopic (exact) mass is 206 g/mol. The maximum atomic E-state index is 8.00. The quantitative estimate of drug-likeness (QED) is 0.325. The van der Waals surface area contributed by atoms with Gasteiger partial charge in [-0.2, -0.15) is 0 Å². The van der Waals surface area contributed by atoms with E-state index < -0.39 is 0 Å². The molecular weight excluding hydrogens is 204 g/mol. The standard InChI is InChI=1S/Cd.2HNO2/c;2*2-1-3/h;2*(H,2,3)/p-2. The average Bonchev–Trinajstić information content (AvgIpc) is 1.39. The molecule has 0 amide bonds. The molecule has 7 heteroatoms. The Morgan fingerprint density at radius 1 is 1.00 bits per heavy atom. The molecule has 0 spiro atoms. The fourth-order valence-corrected chi connectivity index (χ4v) is 0. The molecule has 0 N–H and O–H groups in total. The van der Waals surface area contributed by atoms with Crippen LogP contribution in [-0.2, 0) is 27.3 Å². The van der Waals surface area contributed by atoms with Crippen LogP contribution in [-0.4, -0.2) is 0 Å². The topological polar surface area (TPSA) is 105 Å². The first-order valence-electron chi connectivity index (χ1n) is 0.730. The summed E-state index contributed by atoms with van der Waals surface area (Å²) in [6.45, 7) is 0.